The highest BCUT2D eigenvalue weighted by Gasteiger charge is 2.18. The first-order valence-corrected chi connectivity index (χ1v) is 3.90. The maximum atomic E-state index is 9.22. The molecule has 1 radical (unpaired) electrons. The van der Waals surface area contributed by atoms with Gasteiger partial charge in [-0.2, -0.15) is 0 Å². The number of rotatable bonds is 1. The van der Waals surface area contributed by atoms with E-state index in [9.17, 15) is 5.11 Å². The van der Waals surface area contributed by atoms with Gasteiger partial charge < -0.3 is 5.11 Å². The SMILES string of the molecule is [C]#CCC1CCCC(O)C1. The van der Waals surface area contributed by atoms with Gasteiger partial charge in [0.25, 0.3) is 0 Å². The van der Waals surface area contributed by atoms with Gasteiger partial charge in [0.05, 0.1) is 6.10 Å². The van der Waals surface area contributed by atoms with Crippen LogP contribution in [0.25, 0.3) is 0 Å². The summed E-state index contributed by atoms with van der Waals surface area (Å²) in [5.74, 6) is 2.93. The minimum absolute atomic E-state index is 0.105. The van der Waals surface area contributed by atoms with Gasteiger partial charge in [0.2, 0.25) is 0 Å². The van der Waals surface area contributed by atoms with Crippen LogP contribution in [0.1, 0.15) is 32.1 Å². The topological polar surface area (TPSA) is 20.2 Å². The van der Waals surface area contributed by atoms with Crippen molar-refractivity contribution in [3.63, 3.8) is 0 Å². The molecule has 0 bridgehead atoms. The highest BCUT2D eigenvalue weighted by molar-refractivity contribution is 4.83. The van der Waals surface area contributed by atoms with Gasteiger partial charge in [-0.15, -0.1) is 0 Å². The fourth-order valence-corrected chi connectivity index (χ4v) is 1.59. The Morgan fingerprint density at radius 2 is 2.30 bits per heavy atom. The summed E-state index contributed by atoms with van der Waals surface area (Å²) in [7, 11) is 0. The lowest BCUT2D eigenvalue weighted by Crippen LogP contribution is -2.18. The molecule has 10 heavy (non-hydrogen) atoms. The third-order valence-electron chi connectivity index (χ3n) is 2.15. The lowest BCUT2D eigenvalue weighted by Gasteiger charge is -2.23. The smallest absolute Gasteiger partial charge is 0.0543 e. The Labute approximate surface area is 62.4 Å². The molecule has 1 aliphatic carbocycles. The summed E-state index contributed by atoms with van der Waals surface area (Å²) in [4.78, 5) is 0. The van der Waals surface area contributed by atoms with Crippen molar-refractivity contribution in [1.82, 2.24) is 0 Å². The minimum atomic E-state index is -0.105. The van der Waals surface area contributed by atoms with Crippen LogP contribution in [0.2, 0.25) is 0 Å². The molecule has 2 atom stereocenters. The van der Waals surface area contributed by atoms with Crippen LogP contribution in [-0.2, 0) is 0 Å². The molecule has 1 aliphatic rings. The van der Waals surface area contributed by atoms with E-state index in [4.69, 9.17) is 6.42 Å². The summed E-state index contributed by atoms with van der Waals surface area (Å²) in [6.07, 6.45) is 11.5. The zero-order chi connectivity index (χ0) is 7.40. The highest BCUT2D eigenvalue weighted by atomic mass is 16.3. The first kappa shape index (κ1) is 7.63. The van der Waals surface area contributed by atoms with Gasteiger partial charge in [0, 0.05) is 6.42 Å². The van der Waals surface area contributed by atoms with Gasteiger partial charge in [-0.05, 0) is 31.6 Å². The molecule has 1 heteroatoms. The molecule has 0 heterocycles. The van der Waals surface area contributed by atoms with Crippen molar-refractivity contribution in [2.75, 3.05) is 0 Å². The van der Waals surface area contributed by atoms with Gasteiger partial charge in [-0.3, -0.25) is 0 Å². The molecule has 0 aliphatic heterocycles. The van der Waals surface area contributed by atoms with Crippen LogP contribution in [0, 0.1) is 18.3 Å². The maximum Gasteiger partial charge on any atom is 0.0543 e. The Morgan fingerprint density at radius 3 is 2.90 bits per heavy atom. The molecule has 0 aromatic heterocycles. The summed E-state index contributed by atoms with van der Waals surface area (Å²) in [5.41, 5.74) is 0. The Balaban J connectivity index is 2.27. The predicted octanol–water partition coefficient (Wildman–Crippen LogP) is 1.52. The predicted molar refractivity (Wildman–Crippen MR) is 39.7 cm³/mol. The van der Waals surface area contributed by atoms with E-state index < -0.39 is 0 Å². The van der Waals surface area contributed by atoms with Crippen molar-refractivity contribution >= 4 is 0 Å². The number of hydrogen-bond donors (Lipinski definition) is 1. The van der Waals surface area contributed by atoms with Crippen LogP contribution < -0.4 is 0 Å². The second kappa shape index (κ2) is 3.63. The molecule has 2 unspecified atom stereocenters. The average Bonchev–Trinajstić information content (AvgIpc) is 1.88. The van der Waals surface area contributed by atoms with E-state index in [1.807, 2.05) is 0 Å². The van der Waals surface area contributed by atoms with Gasteiger partial charge in [-0.1, -0.05) is 12.3 Å². The minimum Gasteiger partial charge on any atom is -0.393 e. The molecular formula is C9H13O. The van der Waals surface area contributed by atoms with Crippen molar-refractivity contribution in [2.45, 2.75) is 38.2 Å². The highest BCUT2D eigenvalue weighted by Crippen LogP contribution is 2.25. The Hall–Kier alpha value is -0.480. The number of aliphatic hydroxyl groups excluding tert-OH is 1. The Morgan fingerprint density at radius 1 is 1.50 bits per heavy atom. The molecule has 0 aromatic rings. The fraction of sp³-hybridized carbons (Fsp3) is 0.778. The van der Waals surface area contributed by atoms with Crippen LogP contribution >= 0.6 is 0 Å². The van der Waals surface area contributed by atoms with Gasteiger partial charge in [0.15, 0.2) is 0 Å². The molecule has 1 nitrogen and oxygen atoms in total. The zero-order valence-electron chi connectivity index (χ0n) is 6.14. The van der Waals surface area contributed by atoms with Crippen molar-refractivity contribution in [1.29, 1.82) is 0 Å². The van der Waals surface area contributed by atoms with Crippen LogP contribution in [-0.4, -0.2) is 11.2 Å². The molecule has 1 N–H and O–H groups in total. The maximum absolute atomic E-state index is 9.22. The van der Waals surface area contributed by atoms with Gasteiger partial charge in [0.1, 0.15) is 0 Å². The molecule has 0 aromatic carbocycles. The van der Waals surface area contributed by atoms with Crippen molar-refractivity contribution in [3.05, 3.63) is 6.42 Å². The summed E-state index contributed by atoms with van der Waals surface area (Å²) in [5, 5.41) is 9.22. The Bertz CT molecular complexity index is 134. The third-order valence-corrected chi connectivity index (χ3v) is 2.15. The van der Waals surface area contributed by atoms with E-state index in [-0.39, 0.29) is 6.10 Å². The first-order chi connectivity index (χ1) is 4.83. The summed E-state index contributed by atoms with van der Waals surface area (Å²) >= 11 is 0. The standard InChI is InChI=1S/C9H13O/c1-2-4-8-5-3-6-9(10)7-8/h8-10H,3-7H2. The molecule has 0 saturated heterocycles. The van der Waals surface area contributed by atoms with E-state index in [0.717, 1.165) is 25.7 Å². The number of aliphatic hydroxyl groups is 1. The normalized spacial score (nSPS) is 33.2. The molecule has 1 rings (SSSR count). The second-order valence-corrected chi connectivity index (χ2v) is 3.07. The molecule has 1 saturated carbocycles. The quantitative estimate of drug-likeness (QED) is 0.543. The third kappa shape index (κ3) is 2.04. The van der Waals surface area contributed by atoms with Crippen molar-refractivity contribution < 1.29 is 5.11 Å². The van der Waals surface area contributed by atoms with E-state index in [1.165, 1.54) is 6.42 Å². The largest absolute Gasteiger partial charge is 0.393 e. The van der Waals surface area contributed by atoms with E-state index in [0.29, 0.717) is 5.92 Å². The van der Waals surface area contributed by atoms with Crippen LogP contribution in [0.3, 0.4) is 0 Å². The van der Waals surface area contributed by atoms with Gasteiger partial charge in [-0.25, -0.2) is 0 Å². The van der Waals surface area contributed by atoms with Crippen LogP contribution in [0.15, 0.2) is 0 Å². The molecule has 1 fully saturated rings. The molecule has 55 valence electrons. The zero-order valence-corrected chi connectivity index (χ0v) is 6.14. The summed E-state index contributed by atoms with van der Waals surface area (Å²) in [6.45, 7) is 0. The van der Waals surface area contributed by atoms with Gasteiger partial charge >= 0.3 is 0 Å². The van der Waals surface area contributed by atoms with Crippen LogP contribution in [0.5, 0.6) is 0 Å². The molecular weight excluding hydrogens is 124 g/mol. The fourth-order valence-electron chi connectivity index (χ4n) is 1.59. The van der Waals surface area contributed by atoms with Crippen LogP contribution in [0.4, 0.5) is 0 Å². The average molecular weight is 137 g/mol. The summed E-state index contributed by atoms with van der Waals surface area (Å²) in [6, 6.07) is 0. The number of hydrogen-bond acceptors (Lipinski definition) is 1. The molecule has 0 amide bonds. The lowest BCUT2D eigenvalue weighted by atomic mass is 9.85. The van der Waals surface area contributed by atoms with E-state index >= 15 is 0 Å². The Kier molecular flexibility index (Phi) is 2.77. The first-order valence-electron chi connectivity index (χ1n) is 3.90. The van der Waals surface area contributed by atoms with E-state index in [2.05, 4.69) is 5.92 Å². The summed E-state index contributed by atoms with van der Waals surface area (Å²) < 4.78 is 0. The van der Waals surface area contributed by atoms with E-state index in [1.54, 1.807) is 0 Å². The van der Waals surface area contributed by atoms with Crippen molar-refractivity contribution in [3.8, 4) is 5.92 Å². The monoisotopic (exact) mass is 137 g/mol. The second-order valence-electron chi connectivity index (χ2n) is 3.07. The van der Waals surface area contributed by atoms with Crippen molar-refractivity contribution in [2.24, 2.45) is 5.92 Å². The lowest BCUT2D eigenvalue weighted by molar-refractivity contribution is 0.102. The molecule has 0 spiro atoms.